The maximum atomic E-state index is 12.6. The van der Waals surface area contributed by atoms with E-state index >= 15 is 0 Å². The Morgan fingerprint density at radius 3 is 2.61 bits per heavy atom. The molecule has 6 heteroatoms. The van der Waals surface area contributed by atoms with Gasteiger partial charge in [-0.3, -0.25) is 9.48 Å². The molecule has 2 aromatic heterocycles. The van der Waals surface area contributed by atoms with E-state index in [2.05, 4.69) is 53.7 Å². The van der Waals surface area contributed by atoms with E-state index in [4.69, 9.17) is 4.74 Å². The van der Waals surface area contributed by atoms with Crippen molar-refractivity contribution in [1.29, 1.82) is 0 Å². The van der Waals surface area contributed by atoms with Gasteiger partial charge in [0.05, 0.1) is 23.3 Å². The molecule has 0 atom stereocenters. The maximum Gasteiger partial charge on any atom is 0.265 e. The van der Waals surface area contributed by atoms with Crippen LogP contribution in [0.4, 0.5) is 5.69 Å². The molecule has 0 fully saturated rings. The van der Waals surface area contributed by atoms with Crippen molar-refractivity contribution < 1.29 is 9.53 Å². The first-order chi connectivity index (χ1) is 15.0. The summed E-state index contributed by atoms with van der Waals surface area (Å²) in [7, 11) is 0. The van der Waals surface area contributed by atoms with Crippen LogP contribution < -0.4 is 10.1 Å². The van der Waals surface area contributed by atoms with Gasteiger partial charge in [-0.05, 0) is 55.0 Å². The third-order valence-corrected chi connectivity index (χ3v) is 5.95. The highest BCUT2D eigenvalue weighted by Crippen LogP contribution is 2.23. The third-order valence-electron chi connectivity index (χ3n) is 4.97. The Morgan fingerprint density at radius 1 is 1.03 bits per heavy atom. The number of thiophene rings is 1. The summed E-state index contributed by atoms with van der Waals surface area (Å²) in [5, 5.41) is 9.23. The average Bonchev–Trinajstić information content (AvgIpc) is 3.40. The Kier molecular flexibility index (Phi) is 6.18. The number of hydrogen-bond donors (Lipinski definition) is 1. The zero-order chi connectivity index (χ0) is 21.8. The molecule has 2 aromatic carbocycles. The van der Waals surface area contributed by atoms with Crippen LogP contribution in [0.2, 0.25) is 0 Å². The Hall–Kier alpha value is -3.38. The second-order valence-electron chi connectivity index (χ2n) is 7.74. The quantitative estimate of drug-likeness (QED) is 0.405. The fourth-order valence-electron chi connectivity index (χ4n) is 3.18. The highest BCUT2D eigenvalue weighted by atomic mass is 32.1. The van der Waals surface area contributed by atoms with Gasteiger partial charge in [0.25, 0.3) is 5.91 Å². The van der Waals surface area contributed by atoms with Crippen LogP contribution in [0.25, 0.3) is 0 Å². The van der Waals surface area contributed by atoms with Crippen LogP contribution in [-0.4, -0.2) is 15.7 Å². The number of nitrogens with one attached hydrogen (secondary N) is 1. The molecule has 0 saturated heterocycles. The molecule has 0 radical (unpaired) electrons. The molecule has 158 valence electrons. The molecular formula is C25H25N3O2S. The molecule has 0 unspecified atom stereocenters. The SMILES string of the molecule is Cc1ccc(Cn2cc(NC(=O)c3cc(COc4cc(C)ccc4C)cs3)cn2)cc1. The minimum Gasteiger partial charge on any atom is -0.489 e. The predicted octanol–water partition coefficient (Wildman–Crippen LogP) is 5.75. The van der Waals surface area contributed by atoms with Gasteiger partial charge in [-0.1, -0.05) is 42.0 Å². The van der Waals surface area contributed by atoms with E-state index in [1.54, 1.807) is 6.20 Å². The number of rotatable bonds is 7. The van der Waals surface area contributed by atoms with Gasteiger partial charge in [0.1, 0.15) is 12.4 Å². The molecule has 4 rings (SSSR count). The first kappa shape index (κ1) is 20.9. The minimum atomic E-state index is -0.141. The molecule has 2 heterocycles. The van der Waals surface area contributed by atoms with Crippen LogP contribution in [-0.2, 0) is 13.2 Å². The molecule has 0 saturated carbocycles. The van der Waals surface area contributed by atoms with Crippen molar-refractivity contribution >= 4 is 22.9 Å². The Balaban J connectivity index is 1.34. The number of amides is 1. The number of nitrogens with zero attached hydrogens (tertiary/aromatic N) is 2. The Morgan fingerprint density at radius 2 is 1.81 bits per heavy atom. The number of benzene rings is 2. The average molecular weight is 432 g/mol. The molecule has 0 aliphatic rings. The standard InChI is InChI=1S/C25H25N3O2S/c1-17-5-8-20(9-6-17)13-28-14-22(12-26-28)27-25(29)24-11-21(16-31-24)15-30-23-10-18(2)4-7-19(23)3/h4-12,14,16H,13,15H2,1-3H3,(H,27,29). The topological polar surface area (TPSA) is 56.2 Å². The smallest absolute Gasteiger partial charge is 0.265 e. The zero-order valence-electron chi connectivity index (χ0n) is 17.9. The van der Waals surface area contributed by atoms with Gasteiger partial charge in [-0.15, -0.1) is 11.3 Å². The molecule has 0 bridgehead atoms. The highest BCUT2D eigenvalue weighted by Gasteiger charge is 2.12. The number of anilines is 1. The summed E-state index contributed by atoms with van der Waals surface area (Å²) >= 11 is 1.41. The second kappa shape index (κ2) is 9.18. The van der Waals surface area contributed by atoms with E-state index in [0.717, 1.165) is 22.4 Å². The molecule has 31 heavy (non-hydrogen) atoms. The molecule has 0 aliphatic carbocycles. The molecule has 1 amide bonds. The van der Waals surface area contributed by atoms with Crippen LogP contribution in [0.3, 0.4) is 0 Å². The van der Waals surface area contributed by atoms with E-state index in [0.29, 0.717) is 23.7 Å². The van der Waals surface area contributed by atoms with E-state index in [-0.39, 0.29) is 5.91 Å². The summed E-state index contributed by atoms with van der Waals surface area (Å²) in [6, 6.07) is 16.4. The molecule has 5 nitrogen and oxygen atoms in total. The summed E-state index contributed by atoms with van der Waals surface area (Å²) in [4.78, 5) is 13.3. The normalized spacial score (nSPS) is 10.8. The number of hydrogen-bond acceptors (Lipinski definition) is 4. The summed E-state index contributed by atoms with van der Waals surface area (Å²) in [6.07, 6.45) is 3.51. The lowest BCUT2D eigenvalue weighted by molar-refractivity contribution is 0.103. The fraction of sp³-hybridized carbons (Fsp3) is 0.200. The summed E-state index contributed by atoms with van der Waals surface area (Å²) in [6.45, 7) is 7.23. The third kappa shape index (κ3) is 5.41. The van der Waals surface area contributed by atoms with Gasteiger partial charge in [-0.25, -0.2) is 0 Å². The van der Waals surface area contributed by atoms with E-state index < -0.39 is 0 Å². The lowest BCUT2D eigenvalue weighted by Crippen LogP contribution is -2.09. The first-order valence-corrected chi connectivity index (χ1v) is 11.0. The summed E-state index contributed by atoms with van der Waals surface area (Å²) in [5.41, 5.74) is 6.31. The molecule has 1 N–H and O–H groups in total. The van der Waals surface area contributed by atoms with Gasteiger partial charge in [0.2, 0.25) is 0 Å². The second-order valence-corrected chi connectivity index (χ2v) is 8.65. The van der Waals surface area contributed by atoms with Gasteiger partial charge in [-0.2, -0.15) is 5.10 Å². The number of carbonyl (C=O) groups is 1. The maximum absolute atomic E-state index is 12.6. The van der Waals surface area contributed by atoms with Gasteiger partial charge in [0.15, 0.2) is 0 Å². The van der Waals surface area contributed by atoms with Gasteiger partial charge < -0.3 is 10.1 Å². The van der Waals surface area contributed by atoms with Crippen LogP contribution in [0.1, 0.15) is 37.5 Å². The van der Waals surface area contributed by atoms with Crippen LogP contribution in [0.15, 0.2) is 66.3 Å². The number of carbonyl (C=O) groups excluding carboxylic acids is 1. The van der Waals surface area contributed by atoms with Crippen molar-refractivity contribution in [2.24, 2.45) is 0 Å². The molecule has 0 aliphatic heterocycles. The van der Waals surface area contributed by atoms with Crippen molar-refractivity contribution in [1.82, 2.24) is 9.78 Å². The lowest BCUT2D eigenvalue weighted by atomic mass is 10.1. The highest BCUT2D eigenvalue weighted by molar-refractivity contribution is 7.12. The predicted molar refractivity (Wildman–Crippen MR) is 125 cm³/mol. The van der Waals surface area contributed by atoms with E-state index in [1.165, 1.54) is 22.5 Å². The Bertz CT molecular complexity index is 1190. The summed E-state index contributed by atoms with van der Waals surface area (Å²) in [5.74, 6) is 0.732. The molecular weight excluding hydrogens is 406 g/mol. The minimum absolute atomic E-state index is 0.141. The first-order valence-electron chi connectivity index (χ1n) is 10.1. The number of aromatic nitrogens is 2. The summed E-state index contributed by atoms with van der Waals surface area (Å²) < 4.78 is 7.76. The van der Waals surface area contributed by atoms with Gasteiger partial charge >= 0.3 is 0 Å². The van der Waals surface area contributed by atoms with Crippen molar-refractivity contribution in [3.63, 3.8) is 0 Å². The zero-order valence-corrected chi connectivity index (χ0v) is 18.7. The van der Waals surface area contributed by atoms with Crippen LogP contribution in [0.5, 0.6) is 5.75 Å². The molecule has 0 spiro atoms. The monoisotopic (exact) mass is 431 g/mol. The number of aryl methyl sites for hydroxylation is 3. The lowest BCUT2D eigenvalue weighted by Gasteiger charge is -2.08. The fourth-order valence-corrected chi connectivity index (χ4v) is 3.97. The molecule has 4 aromatic rings. The van der Waals surface area contributed by atoms with Crippen LogP contribution >= 0.6 is 11.3 Å². The number of ether oxygens (including phenoxy) is 1. The van der Waals surface area contributed by atoms with Gasteiger partial charge in [0, 0.05) is 11.8 Å². The van der Waals surface area contributed by atoms with E-state index in [1.807, 2.05) is 42.2 Å². The van der Waals surface area contributed by atoms with Crippen LogP contribution in [0, 0.1) is 20.8 Å². The Labute approximate surface area is 186 Å². The van der Waals surface area contributed by atoms with Crippen molar-refractivity contribution in [3.8, 4) is 5.75 Å². The van der Waals surface area contributed by atoms with Crippen molar-refractivity contribution in [2.45, 2.75) is 33.9 Å². The largest absolute Gasteiger partial charge is 0.489 e. The van der Waals surface area contributed by atoms with Crippen molar-refractivity contribution in [3.05, 3.63) is 99.0 Å². The van der Waals surface area contributed by atoms with Crippen molar-refractivity contribution in [2.75, 3.05) is 5.32 Å². The van der Waals surface area contributed by atoms with E-state index in [9.17, 15) is 4.79 Å².